The molecule has 1 amide bonds. The van der Waals surface area contributed by atoms with Crippen LogP contribution in [0.3, 0.4) is 0 Å². The van der Waals surface area contributed by atoms with Crippen LogP contribution in [0.2, 0.25) is 0 Å². The van der Waals surface area contributed by atoms with E-state index < -0.39 is 9.84 Å². The lowest BCUT2D eigenvalue weighted by Gasteiger charge is -2.38. The van der Waals surface area contributed by atoms with Crippen molar-refractivity contribution in [3.05, 3.63) is 65.7 Å². The normalized spacial score (nSPS) is 20.7. The van der Waals surface area contributed by atoms with E-state index in [-0.39, 0.29) is 24.0 Å². The van der Waals surface area contributed by atoms with Gasteiger partial charge in [-0.05, 0) is 49.1 Å². The lowest BCUT2D eigenvalue weighted by molar-refractivity contribution is -0.100. The maximum atomic E-state index is 13.1. The zero-order valence-corrected chi connectivity index (χ0v) is 17.0. The van der Waals surface area contributed by atoms with Gasteiger partial charge in [0, 0.05) is 12.1 Å². The second-order valence-electron chi connectivity index (χ2n) is 7.44. The van der Waals surface area contributed by atoms with Crippen molar-refractivity contribution >= 4 is 15.7 Å². The average Bonchev–Trinajstić information content (AvgIpc) is 3.29. The molecule has 2 heterocycles. The zero-order valence-electron chi connectivity index (χ0n) is 16.2. The van der Waals surface area contributed by atoms with Crippen molar-refractivity contribution in [1.82, 2.24) is 4.90 Å². The van der Waals surface area contributed by atoms with E-state index in [1.807, 2.05) is 4.90 Å². The predicted octanol–water partition coefficient (Wildman–Crippen LogP) is 3.03. The summed E-state index contributed by atoms with van der Waals surface area (Å²) in [7, 11) is -3.42. The third kappa shape index (κ3) is 4.52. The summed E-state index contributed by atoms with van der Waals surface area (Å²) in [5.41, 5.74) is 1.21. The van der Waals surface area contributed by atoms with Gasteiger partial charge in [-0.1, -0.05) is 30.3 Å². The van der Waals surface area contributed by atoms with Gasteiger partial charge in [0.05, 0.1) is 29.9 Å². The number of piperidine rings is 1. The van der Waals surface area contributed by atoms with Gasteiger partial charge in [0.15, 0.2) is 16.1 Å². The minimum absolute atomic E-state index is 0.0636. The Morgan fingerprint density at radius 3 is 2.34 bits per heavy atom. The number of ether oxygens (including phenoxy) is 2. The molecular formula is C22H25NO5S. The van der Waals surface area contributed by atoms with Gasteiger partial charge in [-0.3, -0.25) is 4.79 Å². The van der Waals surface area contributed by atoms with Crippen LogP contribution in [-0.4, -0.2) is 51.3 Å². The van der Waals surface area contributed by atoms with Gasteiger partial charge >= 0.3 is 0 Å². The molecule has 0 aliphatic carbocycles. The fourth-order valence-corrected chi connectivity index (χ4v) is 5.30. The highest BCUT2D eigenvalue weighted by molar-refractivity contribution is 7.90. The highest BCUT2D eigenvalue weighted by Gasteiger charge is 2.36. The number of carbonyl (C=O) groups is 1. The van der Waals surface area contributed by atoms with E-state index in [1.165, 1.54) is 0 Å². The molecule has 1 atom stereocenters. The molecule has 0 saturated carbocycles. The molecule has 2 fully saturated rings. The van der Waals surface area contributed by atoms with Crippen LogP contribution in [0.1, 0.15) is 35.2 Å². The first-order valence-corrected chi connectivity index (χ1v) is 11.6. The van der Waals surface area contributed by atoms with E-state index in [0.717, 1.165) is 19.3 Å². The molecule has 2 aliphatic rings. The van der Waals surface area contributed by atoms with Gasteiger partial charge in [-0.25, -0.2) is 8.42 Å². The molecule has 1 unspecified atom stereocenters. The zero-order chi connectivity index (χ0) is 20.3. The Morgan fingerprint density at radius 1 is 0.966 bits per heavy atom. The van der Waals surface area contributed by atoms with E-state index in [0.29, 0.717) is 35.8 Å². The third-order valence-corrected chi connectivity index (χ3v) is 7.14. The topological polar surface area (TPSA) is 72.9 Å². The number of hydrogen-bond donors (Lipinski definition) is 0. The van der Waals surface area contributed by atoms with Crippen molar-refractivity contribution in [2.75, 3.05) is 19.8 Å². The Labute approximate surface area is 171 Å². The van der Waals surface area contributed by atoms with Gasteiger partial charge in [-0.15, -0.1) is 0 Å². The summed E-state index contributed by atoms with van der Waals surface area (Å²) >= 11 is 0. The average molecular weight is 416 g/mol. The van der Waals surface area contributed by atoms with Crippen molar-refractivity contribution in [3.63, 3.8) is 0 Å². The number of hydrogen-bond acceptors (Lipinski definition) is 5. The van der Waals surface area contributed by atoms with Gasteiger partial charge in [0.2, 0.25) is 0 Å². The van der Waals surface area contributed by atoms with E-state index in [2.05, 4.69) is 0 Å². The van der Waals surface area contributed by atoms with Crippen molar-refractivity contribution in [2.45, 2.75) is 42.2 Å². The van der Waals surface area contributed by atoms with E-state index in [9.17, 15) is 13.2 Å². The molecule has 0 aromatic heterocycles. The van der Waals surface area contributed by atoms with Crippen LogP contribution in [0.5, 0.6) is 0 Å². The number of nitrogens with zero attached hydrogens (tertiary/aromatic N) is 1. The molecule has 2 aromatic carbocycles. The third-order valence-electron chi connectivity index (χ3n) is 5.43. The van der Waals surface area contributed by atoms with Crippen LogP contribution in [0, 0.1) is 0 Å². The second kappa shape index (κ2) is 8.65. The smallest absolute Gasteiger partial charge is 0.254 e. The van der Waals surface area contributed by atoms with Crippen LogP contribution < -0.4 is 0 Å². The molecule has 4 rings (SSSR count). The first-order valence-electron chi connectivity index (χ1n) is 9.95. The van der Waals surface area contributed by atoms with E-state index in [4.69, 9.17) is 9.47 Å². The van der Waals surface area contributed by atoms with Crippen LogP contribution in [0.4, 0.5) is 0 Å². The molecule has 0 N–H and O–H groups in total. The monoisotopic (exact) mass is 415 g/mol. The molecule has 0 bridgehead atoms. The summed E-state index contributed by atoms with van der Waals surface area (Å²) < 4.78 is 36.4. The number of benzene rings is 2. The Morgan fingerprint density at radius 2 is 1.66 bits per heavy atom. The Hall–Kier alpha value is -2.22. The SMILES string of the molecule is O=C(c1ccc(CS(=O)(=O)c2ccccc2)cc1)N1CCCCC1C1OCCO1. The number of rotatable bonds is 5. The molecule has 6 nitrogen and oxygen atoms in total. The molecule has 154 valence electrons. The van der Waals surface area contributed by atoms with Crippen LogP contribution in [0.15, 0.2) is 59.5 Å². The summed E-state index contributed by atoms with van der Waals surface area (Å²) in [5.74, 6) is -0.159. The number of likely N-dealkylation sites (tertiary alicyclic amines) is 1. The summed E-state index contributed by atoms with van der Waals surface area (Å²) in [6, 6.07) is 15.2. The summed E-state index contributed by atoms with van der Waals surface area (Å²) in [6.07, 6.45) is 2.52. The molecule has 2 aromatic rings. The van der Waals surface area contributed by atoms with E-state index in [1.54, 1.807) is 54.6 Å². The van der Waals surface area contributed by atoms with Crippen LogP contribution in [0.25, 0.3) is 0 Å². The first kappa shape index (κ1) is 20.1. The van der Waals surface area contributed by atoms with Crippen molar-refractivity contribution in [3.8, 4) is 0 Å². The molecule has 0 spiro atoms. The Kier molecular flexibility index (Phi) is 5.99. The molecule has 7 heteroatoms. The number of sulfone groups is 1. The molecule has 2 saturated heterocycles. The fourth-order valence-electron chi connectivity index (χ4n) is 3.93. The summed E-state index contributed by atoms with van der Waals surface area (Å²) in [6.45, 7) is 1.80. The lowest BCUT2D eigenvalue weighted by Crippen LogP contribution is -2.50. The minimum atomic E-state index is -3.42. The van der Waals surface area contributed by atoms with Crippen molar-refractivity contribution in [2.24, 2.45) is 0 Å². The number of carbonyl (C=O) groups excluding carboxylic acids is 1. The molecule has 29 heavy (non-hydrogen) atoms. The highest BCUT2D eigenvalue weighted by Crippen LogP contribution is 2.26. The quantitative estimate of drug-likeness (QED) is 0.751. The van der Waals surface area contributed by atoms with Crippen LogP contribution >= 0.6 is 0 Å². The Bertz CT molecular complexity index is 937. The van der Waals surface area contributed by atoms with Gasteiger partial charge in [0.1, 0.15) is 0 Å². The largest absolute Gasteiger partial charge is 0.348 e. The van der Waals surface area contributed by atoms with Crippen molar-refractivity contribution < 1.29 is 22.7 Å². The van der Waals surface area contributed by atoms with Crippen LogP contribution in [-0.2, 0) is 25.1 Å². The number of amides is 1. The lowest BCUT2D eigenvalue weighted by atomic mass is 10.00. The molecule has 2 aliphatic heterocycles. The fraction of sp³-hybridized carbons (Fsp3) is 0.409. The van der Waals surface area contributed by atoms with E-state index >= 15 is 0 Å². The van der Waals surface area contributed by atoms with Crippen molar-refractivity contribution in [1.29, 1.82) is 0 Å². The standard InChI is InChI=1S/C22H25NO5S/c24-21(23-13-5-4-8-20(23)22-27-14-15-28-22)18-11-9-17(10-12-18)16-29(25,26)19-6-2-1-3-7-19/h1-3,6-7,9-12,20,22H,4-5,8,13-16H2. The molecular weight excluding hydrogens is 390 g/mol. The minimum Gasteiger partial charge on any atom is -0.348 e. The summed E-state index contributed by atoms with van der Waals surface area (Å²) in [5, 5.41) is 0. The predicted molar refractivity (Wildman–Crippen MR) is 108 cm³/mol. The highest BCUT2D eigenvalue weighted by atomic mass is 32.2. The Balaban J connectivity index is 1.47. The summed E-state index contributed by atoms with van der Waals surface area (Å²) in [4.78, 5) is 15.2. The van der Waals surface area contributed by atoms with Gasteiger partial charge < -0.3 is 14.4 Å². The maximum absolute atomic E-state index is 13.1. The van der Waals surface area contributed by atoms with Gasteiger partial charge in [0.25, 0.3) is 5.91 Å². The maximum Gasteiger partial charge on any atom is 0.254 e. The van der Waals surface area contributed by atoms with Gasteiger partial charge in [-0.2, -0.15) is 0 Å². The first-order chi connectivity index (χ1) is 14.0. The molecule has 0 radical (unpaired) electrons. The second-order valence-corrected chi connectivity index (χ2v) is 9.43.